The standard InChI is InChI=1S/C17H18N6.C2HF3O/c1-18-8-12-3-2-4-14(7-12)23-10-13(9-22-23)16-15-5-6-19-17(15)21-11-20-16;3-2(4,5)1-6/h5-6,9-12,14H,2-4,7-8H2,(H,19,20,21);1H. The third kappa shape index (κ3) is 5.19. The molecule has 3 heterocycles. The summed E-state index contributed by atoms with van der Waals surface area (Å²) >= 11 is 0. The highest BCUT2D eigenvalue weighted by Gasteiger charge is 2.26. The number of hydrogen-bond donors (Lipinski definition) is 1. The van der Waals surface area contributed by atoms with E-state index in [9.17, 15) is 13.2 Å². The van der Waals surface area contributed by atoms with Crippen LogP contribution in [0.3, 0.4) is 0 Å². The number of aromatic amines is 1. The van der Waals surface area contributed by atoms with Gasteiger partial charge in [0.2, 0.25) is 12.8 Å². The average Bonchev–Trinajstić information content (AvgIpc) is 3.38. The number of H-pyrrole nitrogens is 1. The third-order valence-corrected chi connectivity index (χ3v) is 4.84. The highest BCUT2D eigenvalue weighted by Crippen LogP contribution is 2.33. The van der Waals surface area contributed by atoms with Crippen molar-refractivity contribution in [3.8, 4) is 11.3 Å². The van der Waals surface area contributed by atoms with E-state index in [1.54, 1.807) is 6.33 Å². The molecule has 1 fully saturated rings. The number of carbonyl (C=O) groups is 1. The predicted molar refractivity (Wildman–Crippen MR) is 99.7 cm³/mol. The van der Waals surface area contributed by atoms with E-state index in [-0.39, 0.29) is 0 Å². The van der Waals surface area contributed by atoms with Crippen LogP contribution in [0.1, 0.15) is 31.7 Å². The molecule has 2 atom stereocenters. The lowest BCUT2D eigenvalue weighted by Crippen LogP contribution is -2.20. The second kappa shape index (κ2) is 8.86. The van der Waals surface area contributed by atoms with Gasteiger partial charge in [-0.3, -0.25) is 9.48 Å². The molecule has 1 aliphatic rings. The van der Waals surface area contributed by atoms with Gasteiger partial charge in [-0.1, -0.05) is 6.42 Å². The van der Waals surface area contributed by atoms with Gasteiger partial charge < -0.3 is 9.83 Å². The summed E-state index contributed by atoms with van der Waals surface area (Å²) in [6.07, 6.45) is 6.26. The summed E-state index contributed by atoms with van der Waals surface area (Å²) in [6, 6.07) is 2.39. The van der Waals surface area contributed by atoms with E-state index in [0.29, 0.717) is 18.5 Å². The molecule has 7 nitrogen and oxygen atoms in total. The van der Waals surface area contributed by atoms with Gasteiger partial charge in [-0.05, 0) is 25.3 Å². The van der Waals surface area contributed by atoms with Crippen LogP contribution in [0.2, 0.25) is 0 Å². The molecule has 0 radical (unpaired) electrons. The maximum Gasteiger partial charge on any atom is 0.446 e. The van der Waals surface area contributed by atoms with Crippen LogP contribution in [-0.4, -0.2) is 43.7 Å². The summed E-state index contributed by atoms with van der Waals surface area (Å²) in [6.45, 7) is 7.71. The largest absolute Gasteiger partial charge is 0.446 e. The number of fused-ring (bicyclic) bond motifs is 1. The van der Waals surface area contributed by atoms with Crippen LogP contribution in [0.25, 0.3) is 27.1 Å². The molecule has 0 spiro atoms. The molecule has 0 saturated heterocycles. The van der Waals surface area contributed by atoms with E-state index in [0.717, 1.165) is 35.1 Å². The van der Waals surface area contributed by atoms with Gasteiger partial charge in [0.1, 0.15) is 12.0 Å². The Labute approximate surface area is 164 Å². The molecule has 0 aliphatic heterocycles. The third-order valence-electron chi connectivity index (χ3n) is 4.84. The van der Waals surface area contributed by atoms with Crippen molar-refractivity contribution in [2.24, 2.45) is 5.92 Å². The zero-order valence-corrected chi connectivity index (χ0v) is 15.4. The first-order chi connectivity index (χ1) is 13.9. The van der Waals surface area contributed by atoms with E-state index in [1.165, 1.54) is 12.8 Å². The zero-order chi connectivity index (χ0) is 20.9. The first-order valence-electron chi connectivity index (χ1n) is 9.10. The lowest BCUT2D eigenvalue weighted by molar-refractivity contribution is -0.156. The molecule has 152 valence electrons. The molecule has 10 heteroatoms. The molecule has 3 aromatic rings. The van der Waals surface area contributed by atoms with Gasteiger partial charge >= 0.3 is 6.18 Å². The van der Waals surface area contributed by atoms with Crippen LogP contribution >= 0.6 is 0 Å². The Hall–Kier alpha value is -3.22. The van der Waals surface area contributed by atoms with Crippen molar-refractivity contribution >= 4 is 17.3 Å². The fraction of sp³-hybridized carbons (Fsp3) is 0.421. The van der Waals surface area contributed by atoms with Gasteiger partial charge in [0.05, 0.1) is 17.9 Å². The Morgan fingerprint density at radius 2 is 2.14 bits per heavy atom. The fourth-order valence-electron chi connectivity index (χ4n) is 3.56. The first kappa shape index (κ1) is 20.5. The van der Waals surface area contributed by atoms with Gasteiger partial charge in [-0.25, -0.2) is 16.5 Å². The van der Waals surface area contributed by atoms with Gasteiger partial charge in [0.25, 0.3) is 0 Å². The Bertz CT molecular complexity index is 1000. The van der Waals surface area contributed by atoms with Crippen molar-refractivity contribution in [1.29, 1.82) is 0 Å². The number of rotatable bonds is 3. The van der Waals surface area contributed by atoms with Crippen LogP contribution in [-0.2, 0) is 4.79 Å². The van der Waals surface area contributed by atoms with Crippen LogP contribution in [0.4, 0.5) is 13.2 Å². The molecule has 0 bridgehead atoms. The van der Waals surface area contributed by atoms with Crippen LogP contribution in [0.15, 0.2) is 31.0 Å². The Kier molecular flexibility index (Phi) is 6.26. The highest BCUT2D eigenvalue weighted by molar-refractivity contribution is 5.89. The number of carbonyl (C=O) groups excluding carboxylic acids is 1. The maximum atomic E-state index is 10.4. The SMILES string of the molecule is O=CC(F)(F)F.[C-]#[N+]CC1CCCC(n2cc(-c3ncnc4[nH]ccc34)cn2)C1. The van der Waals surface area contributed by atoms with Crippen LogP contribution in [0, 0.1) is 12.5 Å². The Balaban J connectivity index is 0.000000353. The smallest absolute Gasteiger partial charge is 0.346 e. The fourth-order valence-corrected chi connectivity index (χ4v) is 3.56. The number of alkyl halides is 3. The summed E-state index contributed by atoms with van der Waals surface area (Å²) in [4.78, 5) is 24.0. The number of aromatic nitrogens is 5. The number of aldehydes is 1. The van der Waals surface area contributed by atoms with E-state index in [2.05, 4.69) is 35.8 Å². The van der Waals surface area contributed by atoms with Crippen molar-refractivity contribution in [3.05, 3.63) is 42.4 Å². The van der Waals surface area contributed by atoms with Crippen molar-refractivity contribution in [2.45, 2.75) is 37.9 Å². The quantitative estimate of drug-likeness (QED) is 0.524. The van der Waals surface area contributed by atoms with E-state index in [1.807, 2.05) is 18.5 Å². The maximum absolute atomic E-state index is 10.4. The van der Waals surface area contributed by atoms with E-state index >= 15 is 0 Å². The van der Waals surface area contributed by atoms with Crippen LogP contribution < -0.4 is 0 Å². The predicted octanol–water partition coefficient (Wildman–Crippen LogP) is 4.22. The summed E-state index contributed by atoms with van der Waals surface area (Å²) in [5.41, 5.74) is 2.78. The van der Waals surface area contributed by atoms with Gasteiger partial charge in [0.15, 0.2) is 0 Å². The number of nitrogens with zero attached hydrogens (tertiary/aromatic N) is 5. The van der Waals surface area contributed by atoms with Gasteiger partial charge in [0, 0.05) is 29.3 Å². The molecule has 3 aromatic heterocycles. The van der Waals surface area contributed by atoms with Gasteiger partial charge in [-0.15, -0.1) is 0 Å². The van der Waals surface area contributed by atoms with Crippen molar-refractivity contribution in [1.82, 2.24) is 24.7 Å². The number of hydrogen-bond acceptors (Lipinski definition) is 4. The molecule has 29 heavy (non-hydrogen) atoms. The van der Waals surface area contributed by atoms with Crippen LogP contribution in [0.5, 0.6) is 0 Å². The number of halogens is 3. The second-order valence-corrected chi connectivity index (χ2v) is 6.86. The molecule has 1 N–H and O–H groups in total. The zero-order valence-electron chi connectivity index (χ0n) is 15.4. The van der Waals surface area contributed by atoms with Crippen molar-refractivity contribution < 1.29 is 18.0 Å². The summed E-state index contributed by atoms with van der Waals surface area (Å²) in [7, 11) is 0. The molecule has 2 unspecified atom stereocenters. The summed E-state index contributed by atoms with van der Waals surface area (Å²) < 4.78 is 33.3. The monoisotopic (exact) mass is 404 g/mol. The van der Waals surface area contributed by atoms with Gasteiger partial charge in [-0.2, -0.15) is 18.3 Å². The van der Waals surface area contributed by atoms with Crippen molar-refractivity contribution in [3.63, 3.8) is 0 Å². The molecular formula is C19H19F3N6O. The highest BCUT2D eigenvalue weighted by atomic mass is 19.4. The topological polar surface area (TPSA) is 80.8 Å². The molecule has 1 saturated carbocycles. The first-order valence-corrected chi connectivity index (χ1v) is 9.10. The molecular weight excluding hydrogens is 385 g/mol. The minimum atomic E-state index is -4.64. The Morgan fingerprint density at radius 1 is 1.34 bits per heavy atom. The lowest BCUT2D eigenvalue weighted by atomic mass is 9.86. The molecule has 0 aromatic carbocycles. The van der Waals surface area contributed by atoms with Crippen molar-refractivity contribution in [2.75, 3.05) is 6.54 Å². The number of nitrogens with one attached hydrogen (secondary N) is 1. The van der Waals surface area contributed by atoms with E-state index < -0.39 is 12.5 Å². The average molecular weight is 404 g/mol. The molecule has 4 rings (SSSR count). The molecule has 0 amide bonds. The van der Waals surface area contributed by atoms with E-state index in [4.69, 9.17) is 11.4 Å². The second-order valence-electron chi connectivity index (χ2n) is 6.86. The minimum absolute atomic E-state index is 0.396. The summed E-state index contributed by atoms with van der Waals surface area (Å²) in [5, 5.41) is 5.59. The molecule has 1 aliphatic carbocycles. The Morgan fingerprint density at radius 3 is 2.86 bits per heavy atom. The minimum Gasteiger partial charge on any atom is -0.346 e. The summed E-state index contributed by atoms with van der Waals surface area (Å²) in [5.74, 6) is 0.509. The lowest BCUT2D eigenvalue weighted by Gasteiger charge is -2.26. The normalized spacial score (nSPS) is 19.2.